The fourth-order valence-electron chi connectivity index (χ4n) is 0. The predicted octanol–water partition coefficient (Wildman–Crippen LogP) is -6.79. The van der Waals surface area contributed by atoms with Gasteiger partial charge in [0.15, 0.2) is 0 Å². The standard InChI is InChI=1S/FH.Na.H2O.2O.Ta/h1H;;1H2;;;/q;+1;;;;+1/p-2. The van der Waals surface area contributed by atoms with E-state index in [9.17, 15) is 0 Å². The van der Waals surface area contributed by atoms with Gasteiger partial charge in [0.2, 0.25) is 0 Å². The van der Waals surface area contributed by atoms with Crippen LogP contribution in [0.1, 0.15) is 0 Å². The van der Waals surface area contributed by atoms with Gasteiger partial charge in [-0.05, 0) is 0 Å². The SMILES string of the molecule is [F-].[Na+].[O]=[Ta](=[O])[OH]. The Morgan fingerprint density at radius 3 is 1.33 bits per heavy atom. The van der Waals surface area contributed by atoms with Crippen molar-refractivity contribution in [3.05, 3.63) is 0 Å². The average molecular weight is 272 g/mol. The van der Waals surface area contributed by atoms with E-state index in [2.05, 4.69) is 0 Å². The molecule has 0 aliphatic carbocycles. The fourth-order valence-corrected chi connectivity index (χ4v) is 0. The van der Waals surface area contributed by atoms with Gasteiger partial charge in [0.05, 0.1) is 0 Å². The second kappa shape index (κ2) is 9.52. The van der Waals surface area contributed by atoms with Crippen LogP contribution in [0.15, 0.2) is 0 Å². The second-order valence-electron chi connectivity index (χ2n) is 0.238. The molecule has 0 aliphatic rings. The Kier molecular flexibility index (Phi) is 24.9. The van der Waals surface area contributed by atoms with Gasteiger partial charge in [-0.3, -0.25) is 0 Å². The zero-order valence-corrected chi connectivity index (χ0v) is 8.30. The molecule has 6 heavy (non-hydrogen) atoms. The Hall–Kier alpha value is 1.23. The van der Waals surface area contributed by atoms with Crippen LogP contribution in [-0.4, -0.2) is 3.61 Å². The van der Waals surface area contributed by atoms with Gasteiger partial charge >= 0.3 is 58.5 Å². The van der Waals surface area contributed by atoms with Crippen molar-refractivity contribution in [3.8, 4) is 0 Å². The molecule has 0 spiro atoms. The molecular formula is HFNaO3Ta. The summed E-state index contributed by atoms with van der Waals surface area (Å²) in [7, 11) is 0. The van der Waals surface area contributed by atoms with E-state index in [0.29, 0.717) is 0 Å². The van der Waals surface area contributed by atoms with Gasteiger partial charge in [-0.15, -0.1) is 0 Å². The molecule has 0 amide bonds. The first-order chi connectivity index (χ1) is 1.73. The van der Waals surface area contributed by atoms with E-state index < -0.39 is 18.8 Å². The van der Waals surface area contributed by atoms with Crippen LogP contribution < -0.4 is 34.3 Å². The summed E-state index contributed by atoms with van der Waals surface area (Å²) >= 11 is -4.09. The molecule has 3 nitrogen and oxygen atoms in total. The van der Waals surface area contributed by atoms with E-state index in [-0.39, 0.29) is 34.3 Å². The molecule has 0 fully saturated rings. The van der Waals surface area contributed by atoms with Crippen molar-refractivity contribution >= 4 is 0 Å². The maximum absolute atomic E-state index is 8.73. The van der Waals surface area contributed by atoms with Crippen molar-refractivity contribution in [2.75, 3.05) is 0 Å². The molecule has 0 aromatic carbocycles. The quantitative estimate of drug-likeness (QED) is 0.446. The fraction of sp³-hybridized carbons (Fsp3) is 0. The van der Waals surface area contributed by atoms with E-state index in [4.69, 9.17) is 10.1 Å². The first-order valence-corrected chi connectivity index (χ1v) is 4.63. The van der Waals surface area contributed by atoms with Crippen LogP contribution in [0.3, 0.4) is 0 Å². The Labute approximate surface area is 62.7 Å². The maximum atomic E-state index is 8.73. The second-order valence-corrected chi connectivity index (χ2v) is 1.95. The summed E-state index contributed by atoms with van der Waals surface area (Å²) in [6.45, 7) is 0. The molecule has 0 aromatic heterocycles. The first kappa shape index (κ1) is 15.7. The number of hydrogen-bond donors (Lipinski definition) is 1. The Morgan fingerprint density at radius 1 is 1.33 bits per heavy atom. The number of rotatable bonds is 0. The van der Waals surface area contributed by atoms with Crippen molar-refractivity contribution in [3.63, 3.8) is 0 Å². The van der Waals surface area contributed by atoms with Crippen LogP contribution in [0, 0.1) is 0 Å². The van der Waals surface area contributed by atoms with Gasteiger partial charge in [-0.2, -0.15) is 0 Å². The van der Waals surface area contributed by atoms with Gasteiger partial charge < -0.3 is 4.70 Å². The molecular weight excluding hydrogens is 271 g/mol. The topological polar surface area (TPSA) is 54.4 Å². The zero-order valence-electron chi connectivity index (χ0n) is 3.09. The van der Waals surface area contributed by atoms with Crippen molar-refractivity contribution in [1.82, 2.24) is 0 Å². The summed E-state index contributed by atoms with van der Waals surface area (Å²) in [5, 5.41) is 0. The van der Waals surface area contributed by atoms with E-state index in [0.717, 1.165) is 0 Å². The molecule has 6 heteroatoms. The predicted molar refractivity (Wildman–Crippen MR) is 3.59 cm³/mol. The van der Waals surface area contributed by atoms with Crippen molar-refractivity contribution in [2.45, 2.75) is 0 Å². The molecule has 32 valence electrons. The van der Waals surface area contributed by atoms with E-state index >= 15 is 0 Å². The van der Waals surface area contributed by atoms with E-state index in [1.54, 1.807) is 0 Å². The third kappa shape index (κ3) is 61.8. The molecule has 0 atom stereocenters. The monoisotopic (exact) mass is 272 g/mol. The molecule has 0 saturated heterocycles. The summed E-state index contributed by atoms with van der Waals surface area (Å²) < 4.78 is 24.6. The molecule has 0 bridgehead atoms. The van der Waals surface area contributed by atoms with Crippen LogP contribution >= 0.6 is 0 Å². The van der Waals surface area contributed by atoms with Gasteiger partial charge in [-0.25, -0.2) is 0 Å². The zero-order chi connectivity index (χ0) is 3.58. The van der Waals surface area contributed by atoms with Crippen molar-refractivity contribution in [1.29, 1.82) is 0 Å². The molecule has 1 N–H and O–H groups in total. The minimum atomic E-state index is -4.09. The molecule has 0 rings (SSSR count). The molecule has 0 aliphatic heterocycles. The van der Waals surface area contributed by atoms with Crippen molar-refractivity contribution in [2.24, 2.45) is 0 Å². The number of halogens is 1. The molecule has 0 aromatic rings. The van der Waals surface area contributed by atoms with Crippen LogP contribution in [0.5, 0.6) is 0 Å². The molecule has 0 radical (unpaired) electrons. The summed E-state index contributed by atoms with van der Waals surface area (Å²) in [5.74, 6) is 0. The molecule has 0 heterocycles. The third-order valence-corrected chi connectivity index (χ3v) is 0. The molecule has 0 unspecified atom stereocenters. The van der Waals surface area contributed by atoms with Gasteiger partial charge in [-0.1, -0.05) is 0 Å². The van der Waals surface area contributed by atoms with E-state index in [1.165, 1.54) is 0 Å². The molecule has 0 saturated carbocycles. The Balaban J connectivity index is -0.0000000450. The van der Waals surface area contributed by atoms with E-state index in [1.807, 2.05) is 0 Å². The summed E-state index contributed by atoms with van der Waals surface area (Å²) in [6.07, 6.45) is 0. The van der Waals surface area contributed by atoms with Crippen LogP contribution in [0.2, 0.25) is 0 Å². The van der Waals surface area contributed by atoms with Crippen molar-refractivity contribution < 1.29 is 63.2 Å². The van der Waals surface area contributed by atoms with Gasteiger partial charge in [0, 0.05) is 0 Å². The van der Waals surface area contributed by atoms with Crippen LogP contribution in [0.4, 0.5) is 0 Å². The third-order valence-electron chi connectivity index (χ3n) is 0. The average Bonchev–Trinajstić information content (AvgIpc) is 0.811. The van der Waals surface area contributed by atoms with Gasteiger partial charge in [0.1, 0.15) is 0 Å². The van der Waals surface area contributed by atoms with Gasteiger partial charge in [0.25, 0.3) is 0 Å². The normalized spacial score (nSPS) is 4.17. The summed E-state index contributed by atoms with van der Waals surface area (Å²) in [4.78, 5) is 0. The Morgan fingerprint density at radius 2 is 1.33 bits per heavy atom. The summed E-state index contributed by atoms with van der Waals surface area (Å²) in [6, 6.07) is 0. The summed E-state index contributed by atoms with van der Waals surface area (Å²) in [5.41, 5.74) is 0. The first-order valence-electron chi connectivity index (χ1n) is 0.565. The minimum absolute atomic E-state index is 0. The number of hydrogen-bond acceptors (Lipinski definition) is 2. The van der Waals surface area contributed by atoms with Crippen LogP contribution in [-0.2, 0) is 25.3 Å². The Bertz CT molecular complexity index is 59.2. The van der Waals surface area contributed by atoms with Crippen LogP contribution in [0.25, 0.3) is 0 Å².